The van der Waals surface area contributed by atoms with Gasteiger partial charge in [-0.1, -0.05) is 6.58 Å². The molecule has 8 nitrogen and oxygen atoms in total. The van der Waals surface area contributed by atoms with Crippen LogP contribution in [0.4, 0.5) is 0 Å². The molecule has 0 radical (unpaired) electrons. The average molecular weight is 343 g/mol. The molecule has 0 unspecified atom stereocenters. The first kappa shape index (κ1) is 19.9. The zero-order valence-corrected chi connectivity index (χ0v) is 14.8. The Hall–Kier alpha value is -3.13. The molecule has 134 valence electrons. The molecule has 0 aliphatic rings. The van der Waals surface area contributed by atoms with Gasteiger partial charge < -0.3 is 32.5 Å². The lowest BCUT2D eigenvalue weighted by Gasteiger charge is -2.13. The van der Waals surface area contributed by atoms with E-state index in [1.165, 1.54) is 12.2 Å². The number of amides is 1. The van der Waals surface area contributed by atoms with Crippen LogP contribution >= 0.6 is 0 Å². The lowest BCUT2D eigenvalue weighted by atomic mass is 10.0. The Balaban J connectivity index is 3.44. The van der Waals surface area contributed by atoms with Crippen LogP contribution in [0.3, 0.4) is 0 Å². The Morgan fingerprint density at radius 1 is 1.44 bits per heavy atom. The van der Waals surface area contributed by atoms with E-state index < -0.39 is 5.91 Å². The maximum Gasteiger partial charge on any atom is 0.248 e. The molecule has 1 rings (SSSR count). The van der Waals surface area contributed by atoms with Gasteiger partial charge in [0.15, 0.2) is 0 Å². The highest BCUT2D eigenvalue weighted by atomic mass is 16.1. The topological polar surface area (TPSA) is 149 Å². The smallest absolute Gasteiger partial charge is 0.248 e. The van der Waals surface area contributed by atoms with Crippen LogP contribution in [-0.4, -0.2) is 35.3 Å². The van der Waals surface area contributed by atoms with Crippen LogP contribution in [-0.2, 0) is 11.8 Å². The van der Waals surface area contributed by atoms with E-state index in [1.54, 1.807) is 13.2 Å². The number of nitrogens with one attached hydrogen (secondary N) is 2. The van der Waals surface area contributed by atoms with Gasteiger partial charge in [-0.05, 0) is 37.3 Å². The quantitative estimate of drug-likeness (QED) is 0.260. The van der Waals surface area contributed by atoms with Crippen molar-refractivity contribution in [2.75, 3.05) is 13.6 Å². The number of nitrogens with zero attached hydrogens (tertiary/aromatic N) is 2. The van der Waals surface area contributed by atoms with Crippen molar-refractivity contribution in [1.82, 2.24) is 14.9 Å². The van der Waals surface area contributed by atoms with Gasteiger partial charge in [0, 0.05) is 37.3 Å². The van der Waals surface area contributed by atoms with Crippen LogP contribution in [0.5, 0.6) is 0 Å². The predicted octanol–water partition coefficient (Wildman–Crippen LogP) is 0.246. The van der Waals surface area contributed by atoms with E-state index >= 15 is 0 Å². The number of rotatable bonds is 8. The highest BCUT2D eigenvalue weighted by molar-refractivity contribution is 5.94. The van der Waals surface area contributed by atoms with Crippen LogP contribution < -0.4 is 22.5 Å². The molecule has 0 saturated carbocycles. The third-order valence-corrected chi connectivity index (χ3v) is 3.57. The second-order valence-electron chi connectivity index (χ2n) is 5.47. The fraction of sp³-hybridized carbons (Fsp3) is 0.235. The van der Waals surface area contributed by atoms with Crippen molar-refractivity contribution in [1.29, 1.82) is 5.41 Å². The van der Waals surface area contributed by atoms with Crippen LogP contribution in [0.25, 0.3) is 11.3 Å². The first-order valence-corrected chi connectivity index (χ1v) is 7.53. The Morgan fingerprint density at radius 2 is 2.08 bits per heavy atom. The minimum atomic E-state index is -0.631. The van der Waals surface area contributed by atoms with Crippen molar-refractivity contribution in [3.05, 3.63) is 53.3 Å². The molecule has 0 saturated heterocycles. The van der Waals surface area contributed by atoms with E-state index in [9.17, 15) is 4.79 Å². The van der Waals surface area contributed by atoms with Gasteiger partial charge in [0.1, 0.15) is 11.5 Å². The summed E-state index contributed by atoms with van der Waals surface area (Å²) in [5.74, 6) is 0.0378. The largest absolute Gasteiger partial charge is 0.398 e. The minimum absolute atomic E-state index is 0.123. The van der Waals surface area contributed by atoms with E-state index in [2.05, 4.69) is 16.9 Å². The van der Waals surface area contributed by atoms with E-state index in [0.29, 0.717) is 29.5 Å². The third kappa shape index (κ3) is 4.92. The zero-order chi connectivity index (χ0) is 19.1. The molecule has 8 heteroatoms. The molecule has 1 amide bonds. The number of aryl methyl sites for hydroxylation is 1. The number of aromatic nitrogens is 2. The maximum absolute atomic E-state index is 11.2. The first-order valence-electron chi connectivity index (χ1n) is 7.53. The molecule has 8 N–H and O–H groups in total. The van der Waals surface area contributed by atoms with Crippen LogP contribution in [0.15, 0.2) is 41.8 Å². The van der Waals surface area contributed by atoms with Gasteiger partial charge in [0.25, 0.3) is 0 Å². The minimum Gasteiger partial charge on any atom is -0.398 e. The molecule has 1 aromatic rings. The number of hydrogen-bond acceptors (Lipinski definition) is 6. The molecule has 25 heavy (non-hydrogen) atoms. The Kier molecular flexibility index (Phi) is 6.89. The second kappa shape index (κ2) is 8.65. The number of carbonyl (C=O) groups excluding carboxylic acids is 1. The summed E-state index contributed by atoms with van der Waals surface area (Å²) in [5, 5.41) is 10.1. The molecule has 0 spiro atoms. The summed E-state index contributed by atoms with van der Waals surface area (Å²) < 4.78 is 1.82. The lowest BCUT2D eigenvalue weighted by molar-refractivity contribution is -0.114. The molecular formula is C17H25N7O. The summed E-state index contributed by atoms with van der Waals surface area (Å²) in [7, 11) is 3.63. The van der Waals surface area contributed by atoms with Gasteiger partial charge in [-0.3, -0.25) is 4.79 Å². The standard InChI is InChI=1S/C17H25N7O/c1-10(16(21)25)7-14(20)12(8-22-3)11(2)17-23-15(9-24(17)4)13(19)5-6-18/h5-7,9,18,22H,1,8,19-20H2,2-4H3,(H2,21,25)/b12-11+,13-5-,14-7+,18-6?. The second-order valence-corrected chi connectivity index (χ2v) is 5.47. The molecule has 1 aromatic heterocycles. The maximum atomic E-state index is 11.2. The van der Waals surface area contributed by atoms with Gasteiger partial charge in [-0.25, -0.2) is 4.98 Å². The SMILES string of the molecule is C=C(/C=C(N)\C(CNC)=C(/C)c1nc(/C(N)=C/C=N)cn1C)C(N)=O. The van der Waals surface area contributed by atoms with Gasteiger partial charge in [0.2, 0.25) is 5.91 Å². The fourth-order valence-corrected chi connectivity index (χ4v) is 2.24. The summed E-state index contributed by atoms with van der Waals surface area (Å²) in [5.41, 5.74) is 20.3. The summed E-state index contributed by atoms with van der Waals surface area (Å²) in [6.07, 6.45) is 5.79. The first-order chi connectivity index (χ1) is 11.7. The Bertz CT molecular complexity index is 781. The molecular weight excluding hydrogens is 318 g/mol. The van der Waals surface area contributed by atoms with E-state index in [0.717, 1.165) is 17.4 Å². The van der Waals surface area contributed by atoms with Crippen molar-refractivity contribution in [3.8, 4) is 0 Å². The number of imidazole rings is 1. The number of primary amides is 1. The molecule has 0 aromatic carbocycles. The van der Waals surface area contributed by atoms with Crippen molar-refractivity contribution in [2.45, 2.75) is 6.92 Å². The highest BCUT2D eigenvalue weighted by Gasteiger charge is 2.14. The van der Waals surface area contributed by atoms with Gasteiger partial charge in [0.05, 0.1) is 5.70 Å². The van der Waals surface area contributed by atoms with Crippen LogP contribution in [0, 0.1) is 5.41 Å². The third-order valence-electron chi connectivity index (χ3n) is 3.57. The lowest BCUT2D eigenvalue weighted by Crippen LogP contribution is -2.19. The van der Waals surface area contributed by atoms with Gasteiger partial charge >= 0.3 is 0 Å². The molecule has 0 aliphatic carbocycles. The van der Waals surface area contributed by atoms with Crippen molar-refractivity contribution in [3.63, 3.8) is 0 Å². The highest BCUT2D eigenvalue weighted by Crippen LogP contribution is 2.22. The summed E-state index contributed by atoms with van der Waals surface area (Å²) in [4.78, 5) is 15.7. The van der Waals surface area contributed by atoms with E-state index in [1.807, 2.05) is 18.5 Å². The molecule has 0 aliphatic heterocycles. The summed E-state index contributed by atoms with van der Waals surface area (Å²) >= 11 is 0. The van der Waals surface area contributed by atoms with Crippen molar-refractivity contribution in [2.24, 2.45) is 24.2 Å². The number of allylic oxidation sites excluding steroid dienone is 2. The molecule has 1 heterocycles. The van der Waals surface area contributed by atoms with Crippen LogP contribution in [0.2, 0.25) is 0 Å². The molecule has 0 atom stereocenters. The number of nitrogens with two attached hydrogens (primary N) is 3. The van der Waals surface area contributed by atoms with Crippen molar-refractivity contribution >= 4 is 23.4 Å². The Labute approximate surface area is 147 Å². The van der Waals surface area contributed by atoms with E-state index in [-0.39, 0.29) is 5.57 Å². The average Bonchev–Trinajstić information content (AvgIpc) is 2.93. The fourth-order valence-electron chi connectivity index (χ4n) is 2.24. The van der Waals surface area contributed by atoms with Crippen molar-refractivity contribution < 1.29 is 4.79 Å². The van der Waals surface area contributed by atoms with Crippen LogP contribution in [0.1, 0.15) is 18.4 Å². The zero-order valence-electron chi connectivity index (χ0n) is 14.8. The normalized spacial score (nSPS) is 13.4. The molecule has 0 fully saturated rings. The van der Waals surface area contributed by atoms with Gasteiger partial charge in [-0.2, -0.15) is 0 Å². The number of likely N-dealkylation sites (N-methyl/N-ethyl adjacent to an activating group) is 1. The van der Waals surface area contributed by atoms with Gasteiger partial charge in [-0.15, -0.1) is 0 Å². The number of carbonyl (C=O) groups is 1. The molecule has 0 bridgehead atoms. The van der Waals surface area contributed by atoms with E-state index in [4.69, 9.17) is 22.6 Å². The number of hydrogen-bond donors (Lipinski definition) is 5. The monoisotopic (exact) mass is 343 g/mol. The summed E-state index contributed by atoms with van der Waals surface area (Å²) in [6.45, 7) is 5.94. The predicted molar refractivity (Wildman–Crippen MR) is 101 cm³/mol. The Morgan fingerprint density at radius 3 is 2.60 bits per heavy atom. The summed E-state index contributed by atoms with van der Waals surface area (Å²) in [6, 6.07) is 0.